The maximum atomic E-state index is 11.4. The van der Waals surface area contributed by atoms with E-state index in [4.69, 9.17) is 46.4 Å². The van der Waals surface area contributed by atoms with Crippen LogP contribution in [0, 0.1) is 0 Å². The molecule has 11 heteroatoms. The standard InChI is InChI=1S/2C12H8Cl2N2O.Cu/c2*13-9-5-10(14)12(16-7-9)15-6-8-3-1-2-4-11(8)17;/h2*1-7,17H;/q;;+2/p-2/b2*15-6+;. The summed E-state index contributed by atoms with van der Waals surface area (Å²) in [5.41, 5.74) is 0.973. The van der Waals surface area contributed by atoms with Crippen LogP contribution in [0.25, 0.3) is 0 Å². The molecule has 4 rings (SSSR count). The Morgan fingerprint density at radius 2 is 1.00 bits per heavy atom. The molecule has 0 saturated heterocycles. The summed E-state index contributed by atoms with van der Waals surface area (Å²) in [4.78, 5) is 16.0. The van der Waals surface area contributed by atoms with Crippen molar-refractivity contribution in [1.29, 1.82) is 0 Å². The number of aromatic nitrogens is 2. The zero-order valence-corrected chi connectivity index (χ0v) is 21.5. The quantitative estimate of drug-likeness (QED) is 0.201. The number of aliphatic imine (C=N–C) groups is 2. The number of rotatable bonds is 4. The van der Waals surface area contributed by atoms with Crippen LogP contribution in [-0.4, -0.2) is 22.4 Å². The van der Waals surface area contributed by atoms with E-state index in [-0.39, 0.29) is 28.6 Å². The number of hydrogen-bond donors (Lipinski definition) is 0. The SMILES string of the molecule is [Cu+2].[O-]c1ccccc1/C=N/c1ncc(Cl)cc1Cl.[O-]c1ccccc1/C=N/c1ncc(Cl)cc1Cl. The molecule has 0 aliphatic rings. The maximum Gasteiger partial charge on any atom is 2.00 e. The molecule has 181 valence electrons. The monoisotopic (exact) mass is 593 g/mol. The first-order chi connectivity index (χ1) is 16.3. The van der Waals surface area contributed by atoms with Gasteiger partial charge in [-0.05, 0) is 23.3 Å². The Hall–Kier alpha value is -2.64. The topological polar surface area (TPSA) is 96.6 Å². The van der Waals surface area contributed by atoms with Gasteiger partial charge >= 0.3 is 17.1 Å². The third kappa shape index (κ3) is 8.82. The number of halogens is 4. The molecular formula is C24H14Cl4CuN4O2. The van der Waals surface area contributed by atoms with E-state index in [2.05, 4.69) is 20.0 Å². The molecule has 0 atom stereocenters. The second-order valence-corrected chi connectivity index (χ2v) is 8.20. The van der Waals surface area contributed by atoms with Crippen molar-refractivity contribution in [3.8, 4) is 11.5 Å². The van der Waals surface area contributed by atoms with Crippen molar-refractivity contribution < 1.29 is 27.3 Å². The largest absolute Gasteiger partial charge is 2.00 e. The molecule has 0 aliphatic carbocycles. The van der Waals surface area contributed by atoms with Gasteiger partial charge in [-0.3, -0.25) is 0 Å². The van der Waals surface area contributed by atoms with Crippen molar-refractivity contribution in [2.75, 3.05) is 0 Å². The van der Waals surface area contributed by atoms with Crippen LogP contribution in [0.4, 0.5) is 11.6 Å². The molecule has 0 N–H and O–H groups in total. The minimum atomic E-state index is -0.0960. The number of benzene rings is 2. The summed E-state index contributed by atoms with van der Waals surface area (Å²) in [6.07, 6.45) is 5.77. The smallest absolute Gasteiger partial charge is 0.872 e. The van der Waals surface area contributed by atoms with Crippen LogP contribution in [-0.2, 0) is 17.1 Å². The van der Waals surface area contributed by atoms with Crippen molar-refractivity contribution in [3.05, 3.63) is 104 Å². The Bertz CT molecular complexity index is 1250. The Balaban J connectivity index is 0.000000240. The fraction of sp³-hybridized carbons (Fsp3) is 0. The van der Waals surface area contributed by atoms with E-state index in [1.54, 1.807) is 48.5 Å². The van der Waals surface area contributed by atoms with Gasteiger partial charge in [-0.25, -0.2) is 20.0 Å². The molecule has 6 nitrogen and oxygen atoms in total. The van der Waals surface area contributed by atoms with Gasteiger partial charge in [0.05, 0.1) is 20.1 Å². The van der Waals surface area contributed by atoms with Crippen molar-refractivity contribution >= 4 is 70.5 Å². The average Bonchev–Trinajstić information content (AvgIpc) is 2.80. The second-order valence-electron chi connectivity index (χ2n) is 6.51. The molecule has 0 spiro atoms. The molecular weight excluding hydrogens is 582 g/mol. The van der Waals surface area contributed by atoms with E-state index in [1.165, 1.54) is 37.0 Å². The predicted molar refractivity (Wildman–Crippen MR) is 135 cm³/mol. The van der Waals surface area contributed by atoms with E-state index < -0.39 is 0 Å². The summed E-state index contributed by atoms with van der Waals surface area (Å²) in [5.74, 6) is 0.473. The van der Waals surface area contributed by atoms with Gasteiger partial charge < -0.3 is 10.2 Å². The number of nitrogens with zero attached hydrogens (tertiary/aromatic N) is 4. The van der Waals surface area contributed by atoms with Gasteiger partial charge in [0.2, 0.25) is 0 Å². The van der Waals surface area contributed by atoms with E-state index >= 15 is 0 Å². The van der Waals surface area contributed by atoms with Crippen LogP contribution in [0.3, 0.4) is 0 Å². The van der Waals surface area contributed by atoms with Crippen LogP contribution >= 0.6 is 46.4 Å². The fourth-order valence-corrected chi connectivity index (χ4v) is 3.30. The van der Waals surface area contributed by atoms with Gasteiger partial charge in [-0.2, -0.15) is 0 Å². The summed E-state index contributed by atoms with van der Waals surface area (Å²) in [6, 6.07) is 16.3. The first kappa shape index (κ1) is 28.6. The Morgan fingerprint density at radius 3 is 1.34 bits per heavy atom. The van der Waals surface area contributed by atoms with Crippen LogP contribution in [0.2, 0.25) is 20.1 Å². The van der Waals surface area contributed by atoms with Crippen molar-refractivity contribution in [3.63, 3.8) is 0 Å². The molecule has 2 heterocycles. The Morgan fingerprint density at radius 1 is 0.629 bits per heavy atom. The van der Waals surface area contributed by atoms with Crippen molar-refractivity contribution in [1.82, 2.24) is 9.97 Å². The van der Waals surface area contributed by atoms with Crippen LogP contribution in [0.1, 0.15) is 11.1 Å². The van der Waals surface area contributed by atoms with Gasteiger partial charge in [0.1, 0.15) is 0 Å². The third-order valence-corrected chi connectivity index (χ3v) is 5.04. The predicted octanol–water partition coefficient (Wildman–Crippen LogP) is 6.42. The van der Waals surface area contributed by atoms with Gasteiger partial charge in [-0.1, -0.05) is 94.9 Å². The van der Waals surface area contributed by atoms with Crippen LogP contribution in [0.15, 0.2) is 83.0 Å². The van der Waals surface area contributed by atoms with Gasteiger partial charge in [0, 0.05) is 24.8 Å². The molecule has 35 heavy (non-hydrogen) atoms. The molecule has 0 saturated carbocycles. The molecule has 0 bridgehead atoms. The first-order valence-electron chi connectivity index (χ1n) is 9.56. The van der Waals surface area contributed by atoms with Gasteiger partial charge in [-0.15, -0.1) is 11.5 Å². The fourth-order valence-electron chi connectivity index (χ4n) is 2.44. The summed E-state index contributed by atoms with van der Waals surface area (Å²) >= 11 is 23.2. The minimum absolute atomic E-state index is 0. The zero-order chi connectivity index (χ0) is 24.5. The summed E-state index contributed by atoms with van der Waals surface area (Å²) < 4.78 is 0. The first-order valence-corrected chi connectivity index (χ1v) is 11.1. The molecule has 2 aromatic carbocycles. The molecule has 0 unspecified atom stereocenters. The van der Waals surface area contributed by atoms with E-state index in [0.29, 0.717) is 42.9 Å². The third-order valence-electron chi connectivity index (χ3n) is 4.07. The van der Waals surface area contributed by atoms with E-state index in [0.717, 1.165) is 0 Å². The average molecular weight is 596 g/mol. The maximum absolute atomic E-state index is 11.4. The van der Waals surface area contributed by atoms with E-state index in [1.807, 2.05) is 0 Å². The normalized spacial score (nSPS) is 10.6. The van der Waals surface area contributed by atoms with Gasteiger partial charge in [0.15, 0.2) is 11.6 Å². The zero-order valence-electron chi connectivity index (χ0n) is 17.5. The number of pyridine rings is 2. The Labute approximate surface area is 232 Å². The molecule has 4 aromatic rings. The number of hydrogen-bond acceptors (Lipinski definition) is 6. The molecule has 0 amide bonds. The summed E-state index contributed by atoms with van der Waals surface area (Å²) in [7, 11) is 0. The van der Waals surface area contributed by atoms with Crippen LogP contribution < -0.4 is 10.2 Å². The van der Waals surface area contributed by atoms with Gasteiger partial charge in [0.25, 0.3) is 0 Å². The Kier molecular flexibility index (Phi) is 11.5. The second kappa shape index (κ2) is 14.0. The number of para-hydroxylation sites is 2. The van der Waals surface area contributed by atoms with Crippen LogP contribution in [0.5, 0.6) is 11.5 Å². The molecule has 1 radical (unpaired) electrons. The van der Waals surface area contributed by atoms with E-state index in [9.17, 15) is 10.2 Å². The summed E-state index contributed by atoms with van der Waals surface area (Å²) in [6.45, 7) is 0. The summed E-state index contributed by atoms with van der Waals surface area (Å²) in [5, 5.41) is 24.4. The molecule has 0 fully saturated rings. The molecule has 2 aromatic heterocycles. The van der Waals surface area contributed by atoms with Crippen molar-refractivity contribution in [2.24, 2.45) is 9.98 Å². The minimum Gasteiger partial charge on any atom is -0.872 e. The molecule has 0 aliphatic heterocycles. The van der Waals surface area contributed by atoms with Crippen molar-refractivity contribution in [2.45, 2.75) is 0 Å².